The molecule has 3 rings (SSSR count). The quantitative estimate of drug-likeness (QED) is 0.835. The van der Waals surface area contributed by atoms with Gasteiger partial charge in [-0.3, -0.25) is 9.59 Å². The van der Waals surface area contributed by atoms with Gasteiger partial charge in [-0.15, -0.1) is 5.10 Å². The number of aryl methyl sites for hydroxylation is 1. The molecule has 1 aromatic carbocycles. The largest absolute Gasteiger partial charge is 0.388 e. The van der Waals surface area contributed by atoms with Crippen LogP contribution in [-0.4, -0.2) is 62.6 Å². The number of aromatic nitrogens is 3. The van der Waals surface area contributed by atoms with E-state index in [2.05, 4.69) is 15.6 Å². The number of amides is 2. The molecule has 0 bridgehead atoms. The minimum absolute atomic E-state index is 0.0154. The van der Waals surface area contributed by atoms with E-state index in [1.165, 1.54) is 17.9 Å². The molecule has 2 amide bonds. The van der Waals surface area contributed by atoms with Gasteiger partial charge in [-0.1, -0.05) is 22.9 Å². The fourth-order valence-corrected chi connectivity index (χ4v) is 3.15. The third kappa shape index (κ3) is 3.91. The molecule has 0 radical (unpaired) electrons. The number of hydrogen-bond donors (Lipinski definition) is 2. The maximum absolute atomic E-state index is 12.6. The van der Waals surface area contributed by atoms with Crippen LogP contribution in [-0.2, 0) is 6.54 Å². The molecule has 2 heterocycles. The van der Waals surface area contributed by atoms with Crippen molar-refractivity contribution in [2.45, 2.75) is 31.9 Å². The molecule has 8 heteroatoms. The van der Waals surface area contributed by atoms with Gasteiger partial charge in [0.25, 0.3) is 11.8 Å². The fraction of sp³-hybridized carbons (Fsp3) is 0.444. The number of nitrogens with one attached hydrogen (secondary N) is 1. The number of hydrogen-bond acceptors (Lipinski definition) is 5. The zero-order chi connectivity index (χ0) is 18.7. The number of aliphatic hydroxyl groups is 1. The molecule has 1 fully saturated rings. The van der Waals surface area contributed by atoms with Crippen LogP contribution < -0.4 is 5.32 Å². The van der Waals surface area contributed by atoms with Gasteiger partial charge in [-0.25, -0.2) is 4.68 Å². The van der Waals surface area contributed by atoms with Crippen molar-refractivity contribution in [2.75, 3.05) is 20.1 Å². The highest BCUT2D eigenvalue weighted by Crippen LogP contribution is 2.25. The summed E-state index contributed by atoms with van der Waals surface area (Å²) in [6.45, 7) is 3.14. The normalized spacial score (nSPS) is 16.3. The smallest absolute Gasteiger partial charge is 0.273 e. The zero-order valence-electron chi connectivity index (χ0n) is 15.0. The van der Waals surface area contributed by atoms with Gasteiger partial charge in [-0.05, 0) is 31.9 Å². The maximum atomic E-state index is 12.6. The Morgan fingerprint density at radius 2 is 2.04 bits per heavy atom. The van der Waals surface area contributed by atoms with Crippen LogP contribution in [0.15, 0.2) is 30.5 Å². The van der Waals surface area contributed by atoms with Crippen molar-refractivity contribution >= 4 is 11.8 Å². The summed E-state index contributed by atoms with van der Waals surface area (Å²) < 4.78 is 1.47. The Balaban J connectivity index is 1.61. The first-order valence-electron chi connectivity index (χ1n) is 8.61. The van der Waals surface area contributed by atoms with E-state index >= 15 is 0 Å². The second-order valence-electron chi connectivity index (χ2n) is 6.77. The van der Waals surface area contributed by atoms with Gasteiger partial charge in [0, 0.05) is 25.7 Å². The zero-order valence-corrected chi connectivity index (χ0v) is 15.0. The van der Waals surface area contributed by atoms with E-state index in [0.717, 1.165) is 5.56 Å². The number of nitrogens with zero attached hydrogens (tertiary/aromatic N) is 4. The summed E-state index contributed by atoms with van der Waals surface area (Å²) in [7, 11) is 1.52. The molecule has 138 valence electrons. The second-order valence-corrected chi connectivity index (χ2v) is 6.77. The van der Waals surface area contributed by atoms with E-state index in [4.69, 9.17) is 0 Å². The van der Waals surface area contributed by atoms with Crippen LogP contribution in [0.5, 0.6) is 0 Å². The Hall–Kier alpha value is -2.74. The lowest BCUT2D eigenvalue weighted by Gasteiger charge is -2.38. The van der Waals surface area contributed by atoms with Crippen molar-refractivity contribution in [1.82, 2.24) is 25.2 Å². The molecule has 2 N–H and O–H groups in total. The van der Waals surface area contributed by atoms with E-state index in [9.17, 15) is 14.7 Å². The molecule has 1 saturated heterocycles. The molecular formula is C18H23N5O3. The second kappa shape index (κ2) is 7.25. The number of benzene rings is 1. The van der Waals surface area contributed by atoms with Gasteiger partial charge < -0.3 is 15.3 Å². The van der Waals surface area contributed by atoms with Crippen molar-refractivity contribution < 1.29 is 14.7 Å². The molecule has 0 spiro atoms. The van der Waals surface area contributed by atoms with Crippen LogP contribution in [0, 0.1) is 6.92 Å². The number of carbonyl (C=O) groups is 2. The number of likely N-dealkylation sites (tertiary alicyclic amines) is 1. The third-order valence-corrected chi connectivity index (χ3v) is 4.70. The summed E-state index contributed by atoms with van der Waals surface area (Å²) in [6.07, 6.45) is 2.40. The highest BCUT2D eigenvalue weighted by Gasteiger charge is 2.35. The number of carbonyl (C=O) groups excluding carboxylic acids is 2. The summed E-state index contributed by atoms with van der Waals surface area (Å²) in [5.41, 5.74) is 0.949. The molecule has 26 heavy (non-hydrogen) atoms. The van der Waals surface area contributed by atoms with Crippen LogP contribution in [0.25, 0.3) is 0 Å². The first-order chi connectivity index (χ1) is 12.4. The van der Waals surface area contributed by atoms with Crippen molar-refractivity contribution in [3.05, 3.63) is 47.3 Å². The Morgan fingerprint density at radius 3 is 2.69 bits per heavy atom. The fourth-order valence-electron chi connectivity index (χ4n) is 3.15. The van der Waals surface area contributed by atoms with Crippen LogP contribution in [0.4, 0.5) is 0 Å². The Bertz CT molecular complexity index is 809. The van der Waals surface area contributed by atoms with Crippen molar-refractivity contribution in [3.8, 4) is 0 Å². The highest BCUT2D eigenvalue weighted by atomic mass is 16.3. The summed E-state index contributed by atoms with van der Waals surface area (Å²) in [4.78, 5) is 25.9. The number of piperidine rings is 1. The summed E-state index contributed by atoms with van der Waals surface area (Å²) in [5.74, 6) is -0.333. The lowest BCUT2D eigenvalue weighted by atomic mass is 9.91. The Labute approximate surface area is 151 Å². The number of rotatable bonds is 4. The van der Waals surface area contributed by atoms with Crippen LogP contribution in [0.1, 0.15) is 39.3 Å². The lowest BCUT2D eigenvalue weighted by Crippen LogP contribution is -2.48. The molecule has 0 saturated carbocycles. The highest BCUT2D eigenvalue weighted by molar-refractivity contribution is 5.94. The SMILES string of the molecule is CNC(=O)c1cn(CC2(O)CCN(C(=O)c3cccc(C)c3)CC2)nn1. The van der Waals surface area contributed by atoms with Crippen LogP contribution in [0.3, 0.4) is 0 Å². The van der Waals surface area contributed by atoms with Crippen molar-refractivity contribution in [2.24, 2.45) is 0 Å². The maximum Gasteiger partial charge on any atom is 0.273 e. The summed E-state index contributed by atoms with van der Waals surface area (Å²) >= 11 is 0. The Morgan fingerprint density at radius 1 is 1.31 bits per heavy atom. The first kappa shape index (κ1) is 18.1. The lowest BCUT2D eigenvalue weighted by molar-refractivity contribution is -0.0318. The molecule has 2 aromatic rings. The van der Waals surface area contributed by atoms with Gasteiger partial charge in [0.05, 0.1) is 18.3 Å². The Kier molecular flexibility index (Phi) is 5.03. The minimum Gasteiger partial charge on any atom is -0.388 e. The summed E-state index contributed by atoms with van der Waals surface area (Å²) in [5, 5.41) is 21.0. The van der Waals surface area contributed by atoms with Gasteiger partial charge in [0.2, 0.25) is 0 Å². The first-order valence-corrected chi connectivity index (χ1v) is 8.61. The average molecular weight is 357 g/mol. The average Bonchev–Trinajstić information content (AvgIpc) is 3.09. The van der Waals surface area contributed by atoms with Crippen molar-refractivity contribution in [3.63, 3.8) is 0 Å². The summed E-state index contributed by atoms with van der Waals surface area (Å²) in [6, 6.07) is 7.51. The van der Waals surface area contributed by atoms with E-state index < -0.39 is 5.60 Å². The molecular weight excluding hydrogens is 334 g/mol. The predicted molar refractivity (Wildman–Crippen MR) is 94.7 cm³/mol. The molecule has 1 aromatic heterocycles. The standard InChI is InChI=1S/C18H23N5O3/c1-13-4-3-5-14(10-13)17(25)22-8-6-18(26,7-9-22)12-23-11-15(20-21-23)16(24)19-2/h3-5,10-11,26H,6-9,12H2,1-2H3,(H,19,24). The van der Waals surface area contributed by atoms with Crippen LogP contribution >= 0.6 is 0 Å². The van der Waals surface area contributed by atoms with E-state index in [0.29, 0.717) is 31.5 Å². The molecule has 8 nitrogen and oxygen atoms in total. The van der Waals surface area contributed by atoms with E-state index in [1.807, 2.05) is 31.2 Å². The third-order valence-electron chi connectivity index (χ3n) is 4.70. The predicted octanol–water partition coefficient (Wildman–Crippen LogP) is 0.613. The van der Waals surface area contributed by atoms with Gasteiger partial charge in [-0.2, -0.15) is 0 Å². The molecule has 0 atom stereocenters. The van der Waals surface area contributed by atoms with Crippen molar-refractivity contribution in [1.29, 1.82) is 0 Å². The van der Waals surface area contributed by atoms with E-state index in [-0.39, 0.29) is 24.1 Å². The molecule has 1 aliphatic heterocycles. The van der Waals surface area contributed by atoms with Crippen LogP contribution in [0.2, 0.25) is 0 Å². The molecule has 0 aliphatic carbocycles. The van der Waals surface area contributed by atoms with Gasteiger partial charge in [0.1, 0.15) is 0 Å². The molecule has 0 unspecified atom stereocenters. The van der Waals surface area contributed by atoms with E-state index in [1.54, 1.807) is 4.90 Å². The van der Waals surface area contributed by atoms with Gasteiger partial charge in [0.15, 0.2) is 5.69 Å². The topological polar surface area (TPSA) is 100 Å². The monoisotopic (exact) mass is 357 g/mol. The van der Waals surface area contributed by atoms with Gasteiger partial charge >= 0.3 is 0 Å². The minimum atomic E-state index is -0.975. The molecule has 1 aliphatic rings.